The molecule has 1 aromatic heterocycles. The van der Waals surface area contributed by atoms with Crippen LogP contribution in [0.2, 0.25) is 0 Å². The van der Waals surface area contributed by atoms with Crippen molar-refractivity contribution in [3.8, 4) is 0 Å². The predicted molar refractivity (Wildman–Crippen MR) is 67.3 cm³/mol. The van der Waals surface area contributed by atoms with Crippen molar-refractivity contribution >= 4 is 15.9 Å². The van der Waals surface area contributed by atoms with E-state index in [1.165, 1.54) is 6.33 Å². The fourth-order valence-electron chi connectivity index (χ4n) is 2.83. The van der Waals surface area contributed by atoms with Gasteiger partial charge in [-0.1, -0.05) is 0 Å². The largest absolute Gasteiger partial charge is 0.376 e. The number of carbonyl (C=O) groups is 1. The van der Waals surface area contributed by atoms with E-state index < -0.39 is 22.0 Å². The monoisotopic (exact) mass is 301 g/mol. The first-order valence-electron chi connectivity index (χ1n) is 6.21. The molecular formula is C10H15N5O4S. The second-order valence-electron chi connectivity index (χ2n) is 5.04. The molecule has 1 amide bonds. The van der Waals surface area contributed by atoms with E-state index in [0.29, 0.717) is 6.61 Å². The number of fused-ring (bicyclic) bond motifs is 1. The minimum absolute atomic E-state index is 0.102. The molecule has 10 heteroatoms. The zero-order valence-electron chi connectivity index (χ0n) is 10.7. The number of nitrogens with one attached hydrogen (secondary N) is 3. The smallest absolute Gasteiger partial charge is 0.288 e. The lowest BCUT2D eigenvalue weighted by Crippen LogP contribution is -2.70. The van der Waals surface area contributed by atoms with E-state index in [2.05, 4.69) is 25.2 Å². The highest BCUT2D eigenvalue weighted by Crippen LogP contribution is 2.39. The van der Waals surface area contributed by atoms with Crippen LogP contribution in [0.3, 0.4) is 0 Å². The van der Waals surface area contributed by atoms with Crippen molar-refractivity contribution in [2.45, 2.75) is 24.6 Å². The number of hydrogen-bond donors (Lipinski definition) is 3. The third kappa shape index (κ3) is 2.41. The lowest BCUT2D eigenvalue weighted by molar-refractivity contribution is -0.0195. The molecule has 0 bridgehead atoms. The summed E-state index contributed by atoms with van der Waals surface area (Å²) in [6.45, 7) is 0.575. The Hall–Kier alpha value is -1.52. The van der Waals surface area contributed by atoms with Crippen molar-refractivity contribution in [1.29, 1.82) is 0 Å². The van der Waals surface area contributed by atoms with Crippen molar-refractivity contribution in [2.75, 3.05) is 12.9 Å². The molecule has 3 rings (SSSR count). The van der Waals surface area contributed by atoms with Gasteiger partial charge in [0, 0.05) is 12.5 Å². The number of nitrogens with zero attached hydrogens (tertiary/aromatic N) is 2. The van der Waals surface area contributed by atoms with Crippen LogP contribution in [0.25, 0.3) is 0 Å². The van der Waals surface area contributed by atoms with Crippen molar-refractivity contribution in [3.05, 3.63) is 12.2 Å². The Balaban J connectivity index is 1.71. The van der Waals surface area contributed by atoms with E-state index in [-0.39, 0.29) is 23.9 Å². The van der Waals surface area contributed by atoms with Gasteiger partial charge >= 0.3 is 0 Å². The first-order chi connectivity index (χ1) is 9.46. The summed E-state index contributed by atoms with van der Waals surface area (Å²) in [6, 6.07) is -0.737. The third-order valence-electron chi connectivity index (χ3n) is 3.66. The summed E-state index contributed by atoms with van der Waals surface area (Å²) in [5.74, 6) is -0.176. The van der Waals surface area contributed by atoms with Crippen molar-refractivity contribution in [1.82, 2.24) is 25.2 Å². The molecule has 0 aromatic carbocycles. The number of hydrogen-bond acceptors (Lipinski definition) is 6. The van der Waals surface area contributed by atoms with E-state index in [0.717, 1.165) is 12.7 Å². The highest BCUT2D eigenvalue weighted by Gasteiger charge is 2.55. The molecule has 20 heavy (non-hydrogen) atoms. The molecule has 3 N–H and O–H groups in total. The van der Waals surface area contributed by atoms with Crippen molar-refractivity contribution < 1.29 is 17.9 Å². The van der Waals surface area contributed by atoms with Crippen LogP contribution in [0.1, 0.15) is 17.0 Å². The SMILES string of the molecule is CS(=O)(=O)N[C@H]1[C@H](NC(=O)c2ncn[nH]2)[C@@H]2CCO[C@@H]21. The van der Waals surface area contributed by atoms with Gasteiger partial charge in [0.05, 0.1) is 24.4 Å². The van der Waals surface area contributed by atoms with Gasteiger partial charge in [-0.05, 0) is 6.42 Å². The summed E-state index contributed by atoms with van der Waals surface area (Å²) >= 11 is 0. The molecule has 0 unspecified atom stereocenters. The zero-order valence-corrected chi connectivity index (χ0v) is 11.6. The Morgan fingerprint density at radius 1 is 1.50 bits per heavy atom. The average molecular weight is 301 g/mol. The van der Waals surface area contributed by atoms with E-state index in [1.807, 2.05) is 0 Å². The number of carbonyl (C=O) groups excluding carboxylic acids is 1. The Morgan fingerprint density at radius 3 is 2.95 bits per heavy atom. The van der Waals surface area contributed by atoms with Crippen LogP contribution >= 0.6 is 0 Å². The first-order valence-corrected chi connectivity index (χ1v) is 8.10. The molecule has 0 spiro atoms. The maximum Gasteiger partial charge on any atom is 0.288 e. The number of aromatic nitrogens is 3. The standard InChI is InChI=1S/C10H15N5O4S/c1-20(17,18)15-7-6(5-2-3-19-8(5)7)13-10(16)9-11-4-12-14-9/h4-8,15H,2-3H2,1H3,(H,13,16)(H,11,12,14)/t5-,6+,7-,8-/m0/s1. The Kier molecular flexibility index (Phi) is 3.22. The van der Waals surface area contributed by atoms with Gasteiger partial charge in [0.2, 0.25) is 15.8 Å². The fraction of sp³-hybridized carbons (Fsp3) is 0.700. The van der Waals surface area contributed by atoms with Gasteiger partial charge in [0.25, 0.3) is 5.91 Å². The second-order valence-corrected chi connectivity index (χ2v) is 6.82. The van der Waals surface area contributed by atoms with Crippen molar-refractivity contribution in [2.24, 2.45) is 5.92 Å². The fourth-order valence-corrected chi connectivity index (χ4v) is 3.60. The Morgan fingerprint density at radius 2 is 2.30 bits per heavy atom. The minimum atomic E-state index is -3.36. The van der Waals surface area contributed by atoms with Crippen LogP contribution in [0, 0.1) is 5.92 Å². The maximum atomic E-state index is 11.9. The number of amides is 1. The summed E-state index contributed by atoms with van der Waals surface area (Å²) in [4.78, 5) is 15.7. The van der Waals surface area contributed by atoms with E-state index in [1.54, 1.807) is 0 Å². The second kappa shape index (κ2) is 4.79. The number of ether oxygens (including phenoxy) is 1. The van der Waals surface area contributed by atoms with E-state index >= 15 is 0 Å². The van der Waals surface area contributed by atoms with Crippen LogP contribution in [0.15, 0.2) is 6.33 Å². The Bertz CT molecular complexity index is 601. The van der Waals surface area contributed by atoms with E-state index in [9.17, 15) is 13.2 Å². The van der Waals surface area contributed by atoms with Gasteiger partial charge in [-0.25, -0.2) is 18.1 Å². The maximum absolute atomic E-state index is 11.9. The Labute approximate surface area is 115 Å². The highest BCUT2D eigenvalue weighted by molar-refractivity contribution is 7.88. The molecule has 2 heterocycles. The predicted octanol–water partition coefficient (Wildman–Crippen LogP) is -1.76. The minimum Gasteiger partial charge on any atom is -0.376 e. The summed E-state index contributed by atoms with van der Waals surface area (Å²) in [5, 5.41) is 8.86. The molecule has 4 atom stereocenters. The summed E-state index contributed by atoms with van der Waals surface area (Å²) in [5.41, 5.74) is 0. The van der Waals surface area contributed by atoms with Crippen LogP contribution in [-0.4, -0.2) is 60.6 Å². The van der Waals surface area contributed by atoms with Crippen LogP contribution in [0.4, 0.5) is 0 Å². The third-order valence-corrected chi connectivity index (χ3v) is 4.36. The highest BCUT2D eigenvalue weighted by atomic mass is 32.2. The number of aromatic amines is 1. The number of H-pyrrole nitrogens is 1. The normalized spacial score (nSPS) is 32.5. The molecule has 1 saturated heterocycles. The lowest BCUT2D eigenvalue weighted by atomic mass is 9.72. The first kappa shape index (κ1) is 13.5. The van der Waals surface area contributed by atoms with Crippen LogP contribution < -0.4 is 10.0 Å². The molecule has 1 aromatic rings. The van der Waals surface area contributed by atoms with Crippen LogP contribution in [0.5, 0.6) is 0 Å². The van der Waals surface area contributed by atoms with Gasteiger partial charge in [-0.15, -0.1) is 0 Å². The van der Waals surface area contributed by atoms with Gasteiger partial charge in [0.1, 0.15) is 6.33 Å². The van der Waals surface area contributed by atoms with Gasteiger partial charge < -0.3 is 10.1 Å². The zero-order chi connectivity index (χ0) is 14.3. The number of rotatable bonds is 4. The summed E-state index contributed by atoms with van der Waals surface area (Å²) in [6.07, 6.45) is 2.95. The van der Waals surface area contributed by atoms with Crippen LogP contribution in [-0.2, 0) is 14.8 Å². The molecule has 2 fully saturated rings. The topological polar surface area (TPSA) is 126 Å². The molecule has 110 valence electrons. The quantitative estimate of drug-likeness (QED) is 0.605. The lowest BCUT2D eigenvalue weighted by Gasteiger charge is -2.47. The molecule has 1 saturated carbocycles. The summed E-state index contributed by atoms with van der Waals surface area (Å²) in [7, 11) is -3.36. The molecule has 9 nitrogen and oxygen atoms in total. The molecule has 2 aliphatic rings. The molecule has 0 radical (unpaired) electrons. The van der Waals surface area contributed by atoms with Crippen molar-refractivity contribution in [3.63, 3.8) is 0 Å². The number of sulfonamides is 1. The van der Waals surface area contributed by atoms with Gasteiger partial charge in [-0.3, -0.25) is 9.89 Å². The van der Waals surface area contributed by atoms with Gasteiger partial charge in [-0.2, -0.15) is 5.10 Å². The summed E-state index contributed by atoms with van der Waals surface area (Å²) < 4.78 is 30.8. The van der Waals surface area contributed by atoms with E-state index in [4.69, 9.17) is 4.74 Å². The molecule has 1 aliphatic heterocycles. The van der Waals surface area contributed by atoms with Gasteiger partial charge in [0.15, 0.2) is 0 Å². The average Bonchev–Trinajstić information content (AvgIpc) is 3.01. The molecular weight excluding hydrogens is 286 g/mol. The molecule has 1 aliphatic carbocycles.